The quantitative estimate of drug-likeness (QED) is 0.0169. The molecule has 0 radical (unpaired) electrons. The van der Waals surface area contributed by atoms with Crippen LogP contribution in [0, 0.1) is 17.8 Å². The van der Waals surface area contributed by atoms with Crippen molar-refractivity contribution in [1.29, 1.82) is 0 Å². The van der Waals surface area contributed by atoms with Crippen LogP contribution in [0.5, 0.6) is 0 Å². The summed E-state index contributed by atoms with van der Waals surface area (Å²) in [6, 6.07) is 0. The van der Waals surface area contributed by atoms with E-state index < -0.39 is 97.5 Å². The van der Waals surface area contributed by atoms with Gasteiger partial charge in [-0.15, -0.1) is 0 Å². The summed E-state index contributed by atoms with van der Waals surface area (Å²) in [5.74, 6) is 0.210. The van der Waals surface area contributed by atoms with Gasteiger partial charge in [-0.2, -0.15) is 0 Å². The zero-order valence-corrected chi connectivity index (χ0v) is 69.1. The molecule has 0 aromatic heterocycles. The molecule has 3 N–H and O–H groups in total. The SMILES string of the molecule is CCCCCC/C=C\C=C/CCCCCCCC(=O)O[C@H](COC(=O)CCCCCCCCCCCC(C)C)COP(=O)(O)OC[C@H](O)COP(=O)(O)OC[C@@H](COC(=O)CCCCCCCCCCCCCCCCCC(C)C)OC(=O)CCCCCCCCCCCCCCCCCC(C)C. The van der Waals surface area contributed by atoms with Gasteiger partial charge < -0.3 is 33.8 Å². The molecule has 2 unspecified atom stereocenters. The highest BCUT2D eigenvalue weighted by Crippen LogP contribution is 2.45. The molecular formula is C84H160O17P2. The lowest BCUT2D eigenvalue weighted by Gasteiger charge is -2.21. The monoisotopic (exact) mass is 1500 g/mol. The van der Waals surface area contributed by atoms with Gasteiger partial charge in [-0.25, -0.2) is 9.13 Å². The predicted octanol–water partition coefficient (Wildman–Crippen LogP) is 24.9. The van der Waals surface area contributed by atoms with Crippen molar-refractivity contribution in [2.75, 3.05) is 39.6 Å². The van der Waals surface area contributed by atoms with E-state index in [1.165, 1.54) is 212 Å². The number of phosphoric acid groups is 2. The highest BCUT2D eigenvalue weighted by atomic mass is 31.2. The zero-order chi connectivity index (χ0) is 75.8. The third-order valence-corrected chi connectivity index (χ3v) is 20.9. The van der Waals surface area contributed by atoms with E-state index in [0.717, 1.165) is 120 Å². The highest BCUT2D eigenvalue weighted by Gasteiger charge is 2.30. The Balaban J connectivity index is 5.29. The van der Waals surface area contributed by atoms with Gasteiger partial charge in [0.15, 0.2) is 12.2 Å². The summed E-state index contributed by atoms with van der Waals surface area (Å²) in [6.07, 6.45) is 66.0. The van der Waals surface area contributed by atoms with Crippen LogP contribution in [0.3, 0.4) is 0 Å². The number of rotatable bonds is 80. The Morgan fingerprint density at radius 2 is 0.524 bits per heavy atom. The number of phosphoric ester groups is 2. The number of ether oxygens (including phenoxy) is 4. The molecule has 0 aliphatic rings. The Labute approximate surface area is 631 Å². The molecule has 19 heteroatoms. The first-order chi connectivity index (χ1) is 49.7. The summed E-state index contributed by atoms with van der Waals surface area (Å²) in [4.78, 5) is 73.1. The number of esters is 4. The maximum absolute atomic E-state index is 13.1. The first-order valence-electron chi connectivity index (χ1n) is 42.7. The number of hydrogen-bond donors (Lipinski definition) is 3. The molecule has 0 fully saturated rings. The van der Waals surface area contributed by atoms with E-state index in [1.54, 1.807) is 0 Å². The van der Waals surface area contributed by atoms with E-state index in [9.17, 15) is 43.2 Å². The lowest BCUT2D eigenvalue weighted by molar-refractivity contribution is -0.161. The fourth-order valence-electron chi connectivity index (χ4n) is 12.5. The second kappa shape index (κ2) is 73.7. The van der Waals surface area contributed by atoms with Crippen LogP contribution in [-0.2, 0) is 65.4 Å². The molecular weight excluding hydrogens is 1340 g/mol. The summed E-state index contributed by atoms with van der Waals surface area (Å²) in [5.41, 5.74) is 0. The van der Waals surface area contributed by atoms with Crippen molar-refractivity contribution in [2.45, 2.75) is 433 Å². The van der Waals surface area contributed by atoms with Gasteiger partial charge in [-0.1, -0.05) is 362 Å². The van der Waals surface area contributed by atoms with Crippen molar-refractivity contribution in [2.24, 2.45) is 17.8 Å². The second-order valence-corrected chi connectivity index (χ2v) is 33.9. The zero-order valence-electron chi connectivity index (χ0n) is 67.3. The van der Waals surface area contributed by atoms with Gasteiger partial charge in [-0.3, -0.25) is 37.3 Å². The normalized spacial score (nSPS) is 14.1. The number of allylic oxidation sites excluding steroid dienone is 4. The third kappa shape index (κ3) is 77.5. The fourth-order valence-corrected chi connectivity index (χ4v) is 14.1. The standard InChI is InChI=1S/C84H160O17P2/c1-8-9-10-11-12-13-14-15-18-26-31-38-46-53-60-67-83(88)101-80(72-95-82(87)66-59-52-45-40-33-36-43-50-57-64-77(6)7)74-99-103(92,93)97-70-78(85)69-96-102(90,91)98-73-79(100-84(89)68-61-54-47-39-32-27-22-17-20-24-29-35-42-49-56-63-76(4)5)71-94-81(86)65-58-51-44-37-30-25-21-16-19-23-28-34-41-48-55-62-75(2)3/h13-15,18,75-80,85H,8-12,16-17,19-74H2,1-7H3,(H,90,91)(H,92,93)/b14-13-,18-15-/t78-,79-,80-/m1/s1. The van der Waals surface area contributed by atoms with Gasteiger partial charge >= 0.3 is 39.5 Å². The van der Waals surface area contributed by atoms with E-state index in [4.69, 9.17) is 37.0 Å². The van der Waals surface area contributed by atoms with Crippen LogP contribution in [0.4, 0.5) is 0 Å². The minimum atomic E-state index is -4.97. The Bertz CT molecular complexity index is 2090. The van der Waals surface area contributed by atoms with Gasteiger partial charge in [-0.05, 0) is 69.1 Å². The molecule has 608 valence electrons. The van der Waals surface area contributed by atoms with Crippen molar-refractivity contribution < 1.29 is 80.2 Å². The Hall–Kier alpha value is -2.46. The first kappa shape index (κ1) is 101. The summed E-state index contributed by atoms with van der Waals surface area (Å²) < 4.78 is 68.8. The van der Waals surface area contributed by atoms with Gasteiger partial charge in [0.2, 0.25) is 0 Å². The van der Waals surface area contributed by atoms with E-state index in [2.05, 4.69) is 72.8 Å². The van der Waals surface area contributed by atoms with Crippen LogP contribution in [0.2, 0.25) is 0 Å². The van der Waals surface area contributed by atoms with Gasteiger partial charge in [0, 0.05) is 25.7 Å². The average molecular weight is 1500 g/mol. The molecule has 0 saturated heterocycles. The minimum Gasteiger partial charge on any atom is -0.462 e. The summed E-state index contributed by atoms with van der Waals surface area (Å²) >= 11 is 0. The molecule has 0 aliphatic heterocycles. The maximum atomic E-state index is 13.1. The van der Waals surface area contributed by atoms with Crippen LogP contribution in [-0.4, -0.2) is 96.7 Å². The predicted molar refractivity (Wildman–Crippen MR) is 423 cm³/mol. The number of aliphatic hydroxyl groups excluding tert-OH is 1. The Kier molecular flexibility index (Phi) is 71.9. The van der Waals surface area contributed by atoms with Gasteiger partial charge in [0.25, 0.3) is 0 Å². The molecule has 17 nitrogen and oxygen atoms in total. The minimum absolute atomic E-state index is 0.0846. The molecule has 0 aromatic rings. The number of unbranched alkanes of at least 4 members (excludes halogenated alkanes) is 45. The van der Waals surface area contributed by atoms with Crippen LogP contribution in [0.25, 0.3) is 0 Å². The van der Waals surface area contributed by atoms with Crippen molar-refractivity contribution in [1.82, 2.24) is 0 Å². The summed E-state index contributed by atoms with van der Waals surface area (Å²) in [6.45, 7) is 11.9. The van der Waals surface area contributed by atoms with Crippen molar-refractivity contribution >= 4 is 39.5 Å². The molecule has 0 aromatic carbocycles. The summed E-state index contributed by atoms with van der Waals surface area (Å²) in [5, 5.41) is 10.7. The maximum Gasteiger partial charge on any atom is 0.472 e. The van der Waals surface area contributed by atoms with E-state index in [-0.39, 0.29) is 25.7 Å². The fraction of sp³-hybridized carbons (Fsp3) is 0.905. The molecule has 0 bridgehead atoms. The van der Waals surface area contributed by atoms with Crippen molar-refractivity contribution in [3.05, 3.63) is 24.3 Å². The Morgan fingerprint density at radius 3 is 0.786 bits per heavy atom. The van der Waals surface area contributed by atoms with E-state index in [1.807, 2.05) is 0 Å². The van der Waals surface area contributed by atoms with Gasteiger partial charge in [0.1, 0.15) is 19.3 Å². The smallest absolute Gasteiger partial charge is 0.462 e. The van der Waals surface area contributed by atoms with E-state index in [0.29, 0.717) is 25.7 Å². The lowest BCUT2D eigenvalue weighted by atomic mass is 10.0. The largest absolute Gasteiger partial charge is 0.472 e. The average Bonchev–Trinajstić information content (AvgIpc) is 0.907. The molecule has 0 heterocycles. The van der Waals surface area contributed by atoms with Crippen molar-refractivity contribution in [3.8, 4) is 0 Å². The number of aliphatic hydroxyl groups is 1. The molecule has 0 amide bonds. The topological polar surface area (TPSA) is 237 Å². The first-order valence-corrected chi connectivity index (χ1v) is 45.7. The molecule has 0 saturated carbocycles. The highest BCUT2D eigenvalue weighted by molar-refractivity contribution is 7.47. The number of carbonyl (C=O) groups excluding carboxylic acids is 4. The second-order valence-electron chi connectivity index (χ2n) is 31.0. The van der Waals surface area contributed by atoms with Crippen molar-refractivity contribution in [3.63, 3.8) is 0 Å². The van der Waals surface area contributed by atoms with Crippen LogP contribution < -0.4 is 0 Å². The molecule has 5 atom stereocenters. The third-order valence-electron chi connectivity index (χ3n) is 19.0. The number of hydrogen-bond acceptors (Lipinski definition) is 15. The van der Waals surface area contributed by atoms with Gasteiger partial charge in [0.05, 0.1) is 26.4 Å². The van der Waals surface area contributed by atoms with E-state index >= 15 is 0 Å². The molecule has 0 spiro atoms. The molecule has 0 aliphatic carbocycles. The molecule has 0 rings (SSSR count). The number of carbonyl (C=O) groups is 4. The summed E-state index contributed by atoms with van der Waals surface area (Å²) in [7, 11) is -9.94. The van der Waals surface area contributed by atoms with Crippen LogP contribution >= 0.6 is 15.6 Å². The van der Waals surface area contributed by atoms with Crippen LogP contribution in [0.15, 0.2) is 24.3 Å². The van der Waals surface area contributed by atoms with Crippen LogP contribution in [0.1, 0.15) is 414 Å². The Morgan fingerprint density at radius 1 is 0.301 bits per heavy atom. The molecule has 103 heavy (non-hydrogen) atoms. The lowest BCUT2D eigenvalue weighted by Crippen LogP contribution is -2.30.